The molecule has 2 amide bonds. The number of nitrogens with two attached hydrogens (primary N) is 2. The molecule has 1 fully saturated rings. The molecule has 74 heavy (non-hydrogen) atoms. The average molecular weight is 1110 g/mol. The largest absolute Gasteiger partial charge is 0.755 e. The van der Waals surface area contributed by atoms with Gasteiger partial charge in [-0.15, -0.1) is 0 Å². The smallest absolute Gasteiger partial charge is 0.435 e. The van der Waals surface area contributed by atoms with Crippen molar-refractivity contribution in [3.05, 3.63) is 93.0 Å². The maximum absolute atomic E-state index is 15.6. The van der Waals surface area contributed by atoms with Crippen molar-refractivity contribution >= 4 is 67.2 Å². The Hall–Kier alpha value is -6.51. The summed E-state index contributed by atoms with van der Waals surface area (Å²) in [5, 5.41) is 8.87. The molecule has 0 radical (unpaired) electrons. The number of nitrogens with one attached hydrogen (secondary N) is 1. The van der Waals surface area contributed by atoms with Crippen LogP contribution in [0.15, 0.2) is 47.5 Å². The highest BCUT2D eigenvalue weighted by atomic mass is 35.5. The lowest BCUT2D eigenvalue weighted by Gasteiger charge is -2.26. The Bertz CT molecular complexity index is 3290. The van der Waals surface area contributed by atoms with Crippen LogP contribution in [0.5, 0.6) is 0 Å². The zero-order chi connectivity index (χ0) is 54.8. The molecule has 7 rings (SSSR count). The molecule has 2 aliphatic rings. The van der Waals surface area contributed by atoms with E-state index in [1.165, 1.54) is 27.0 Å². The molecule has 2 unspecified atom stereocenters. The molecule has 5 N–H and O–H groups in total. The van der Waals surface area contributed by atoms with Gasteiger partial charge in [0.25, 0.3) is 5.92 Å². The van der Waals surface area contributed by atoms with E-state index in [4.69, 9.17) is 23.1 Å². The number of likely N-dealkylation sites (N-methyl/N-ethyl adjacent to an activating group) is 1. The molecule has 1 saturated carbocycles. The van der Waals surface area contributed by atoms with Crippen LogP contribution in [0, 0.1) is 29.4 Å². The Morgan fingerprint density at radius 3 is 2.28 bits per heavy atom. The third kappa shape index (κ3) is 11.6. The molecule has 0 bridgehead atoms. The van der Waals surface area contributed by atoms with Gasteiger partial charge in [-0.1, -0.05) is 23.6 Å². The number of rotatable bonds is 16. The predicted octanol–water partition coefficient (Wildman–Crippen LogP) is 5.62. The lowest BCUT2D eigenvalue weighted by atomic mass is 9.93. The summed E-state index contributed by atoms with van der Waals surface area (Å²) in [5.41, 5.74) is 4.91. The number of pyridine rings is 1. The van der Waals surface area contributed by atoms with Gasteiger partial charge in [-0.25, -0.2) is 22.2 Å². The summed E-state index contributed by atoms with van der Waals surface area (Å²) in [6.45, 7) is -2.11. The van der Waals surface area contributed by atoms with Crippen molar-refractivity contribution in [2.75, 3.05) is 37.2 Å². The van der Waals surface area contributed by atoms with Gasteiger partial charge in [0.05, 0.1) is 34.2 Å². The van der Waals surface area contributed by atoms with Crippen LogP contribution in [0.3, 0.4) is 0 Å². The Morgan fingerprint density at radius 1 is 1.04 bits per heavy atom. The maximum atomic E-state index is 15.6. The summed E-state index contributed by atoms with van der Waals surface area (Å²) in [4.78, 5) is 36.8. The second kappa shape index (κ2) is 20.0. The second-order valence-corrected chi connectivity index (χ2v) is 21.7. The van der Waals surface area contributed by atoms with Gasteiger partial charge >= 0.3 is 12.4 Å². The molecular weight excluding hydrogens is 1070 g/mol. The molecule has 4 atom stereocenters. The van der Waals surface area contributed by atoms with Crippen LogP contribution in [-0.2, 0) is 62.3 Å². The minimum absolute atomic E-state index is 0.129. The van der Waals surface area contributed by atoms with E-state index in [2.05, 4.69) is 37.3 Å². The van der Waals surface area contributed by atoms with E-state index in [0.717, 1.165) is 41.5 Å². The molecule has 5 aromatic rings. The zero-order valence-corrected chi connectivity index (χ0v) is 41.3. The SMILES string of the molecule is CN(CCN=C(N)N)C(=O)CN(c1nn(CC(F)(F)F)c2c(-c3ccc(C#CC(C)(C)S(C)(=O)=O)nc3C(Cc3cc(F)cc(F)c3)NC(=O)Cn3nc(C(F)(F)F)c4c3C(F)(F)[C@@H]3C[C@H]43)ccc(Cl)c12)S(=O)[O-]. The van der Waals surface area contributed by atoms with Gasteiger partial charge in [-0.3, -0.25) is 32.5 Å². The Labute approximate surface area is 421 Å². The first-order chi connectivity index (χ1) is 34.2. The molecule has 2 aromatic carbocycles. The van der Waals surface area contributed by atoms with E-state index in [9.17, 15) is 61.9 Å². The summed E-state index contributed by atoms with van der Waals surface area (Å²) in [6, 6.07) is 4.87. The fourth-order valence-electron chi connectivity index (χ4n) is 8.33. The summed E-state index contributed by atoms with van der Waals surface area (Å²) in [7, 11) is -2.66. The van der Waals surface area contributed by atoms with Gasteiger partial charge in [0.15, 0.2) is 27.3 Å². The number of hydrogen-bond acceptors (Lipinski definition) is 10. The number of anilines is 1. The number of carbonyl (C=O) groups is 2. The Balaban J connectivity index is 1.45. The van der Waals surface area contributed by atoms with Crippen LogP contribution in [-0.4, -0.2) is 108 Å². The van der Waals surface area contributed by atoms with Gasteiger partial charge in [0, 0.05) is 59.8 Å². The highest BCUT2D eigenvalue weighted by molar-refractivity contribution is 7.92. The van der Waals surface area contributed by atoms with Crippen molar-refractivity contribution in [3.63, 3.8) is 0 Å². The Morgan fingerprint density at radius 2 is 1.69 bits per heavy atom. The lowest BCUT2D eigenvalue weighted by Crippen LogP contribution is -2.40. The van der Waals surface area contributed by atoms with E-state index in [-0.39, 0.29) is 52.5 Å². The number of carbonyl (C=O) groups excluding carboxylic acids is 2. The number of sulfone groups is 1. The minimum atomic E-state index is -5.22. The van der Waals surface area contributed by atoms with Crippen molar-refractivity contribution in [3.8, 4) is 23.0 Å². The average Bonchev–Trinajstić information content (AvgIpc) is 3.77. The van der Waals surface area contributed by atoms with Crippen LogP contribution in [0.4, 0.5) is 49.7 Å². The summed E-state index contributed by atoms with van der Waals surface area (Å²) in [6.07, 6.45) is -10.4. The molecule has 2 aliphatic carbocycles. The van der Waals surface area contributed by atoms with Gasteiger partial charge in [0.2, 0.25) is 11.8 Å². The maximum Gasteiger partial charge on any atom is 0.435 e. The quantitative estimate of drug-likeness (QED) is 0.0360. The fourth-order valence-corrected chi connectivity index (χ4v) is 9.29. The molecule has 398 valence electrons. The lowest BCUT2D eigenvalue weighted by molar-refractivity contribution is -0.143. The van der Waals surface area contributed by atoms with Crippen LogP contribution >= 0.6 is 11.6 Å². The van der Waals surface area contributed by atoms with E-state index >= 15 is 8.78 Å². The highest BCUT2D eigenvalue weighted by Gasteiger charge is 2.68. The van der Waals surface area contributed by atoms with Crippen LogP contribution in [0.1, 0.15) is 66.1 Å². The number of aromatic nitrogens is 5. The first kappa shape index (κ1) is 55.2. The Kier molecular flexibility index (Phi) is 14.9. The van der Waals surface area contributed by atoms with Crippen molar-refractivity contribution < 1.29 is 70.7 Å². The van der Waals surface area contributed by atoms with Crippen LogP contribution < -0.4 is 21.1 Å². The summed E-state index contributed by atoms with van der Waals surface area (Å²) >= 11 is 3.18. The van der Waals surface area contributed by atoms with Crippen LogP contribution in [0.25, 0.3) is 22.0 Å². The third-order valence-corrected chi connectivity index (χ3v) is 15.1. The molecular formula is C44H41ClF10N11O6S2-. The number of aliphatic imine (C=N–C) groups is 1. The minimum Gasteiger partial charge on any atom is -0.755 e. The number of fused-ring (bicyclic) bond motifs is 4. The van der Waals surface area contributed by atoms with Gasteiger partial charge in [0.1, 0.15) is 47.4 Å². The molecule has 0 spiro atoms. The highest BCUT2D eigenvalue weighted by Crippen LogP contribution is 2.68. The summed E-state index contributed by atoms with van der Waals surface area (Å²) < 4.78 is 197. The normalized spacial score (nSPS) is 16.9. The number of alkyl halides is 8. The molecule has 17 nitrogen and oxygen atoms in total. The van der Waals surface area contributed by atoms with E-state index < -0.39 is 156 Å². The topological polar surface area (TPSA) is 240 Å². The monoisotopic (exact) mass is 1110 g/mol. The number of amides is 2. The van der Waals surface area contributed by atoms with E-state index in [1.807, 2.05) is 0 Å². The first-order valence-corrected chi connectivity index (χ1v) is 24.9. The van der Waals surface area contributed by atoms with Crippen molar-refractivity contribution in [2.24, 2.45) is 22.4 Å². The van der Waals surface area contributed by atoms with Gasteiger partial charge in [-0.2, -0.15) is 45.3 Å². The van der Waals surface area contributed by atoms with Crippen molar-refractivity contribution in [1.82, 2.24) is 34.8 Å². The number of nitrogens with zero attached hydrogens (tertiary/aromatic N) is 8. The van der Waals surface area contributed by atoms with Crippen LogP contribution in [0.2, 0.25) is 5.02 Å². The first-order valence-electron chi connectivity index (χ1n) is 21.6. The molecule has 3 aromatic heterocycles. The second-order valence-electron chi connectivity index (χ2n) is 17.9. The molecule has 3 heterocycles. The van der Waals surface area contributed by atoms with Crippen molar-refractivity contribution in [1.29, 1.82) is 0 Å². The predicted molar refractivity (Wildman–Crippen MR) is 247 cm³/mol. The molecule has 0 aliphatic heterocycles. The number of benzene rings is 2. The van der Waals surface area contributed by atoms with Crippen molar-refractivity contribution in [2.45, 2.75) is 74.8 Å². The fraction of sp³-hybridized carbons (Fsp3) is 0.409. The third-order valence-electron chi connectivity index (χ3n) is 12.2. The number of halogens is 11. The van der Waals surface area contributed by atoms with Gasteiger partial charge in [-0.05, 0) is 74.4 Å². The standard InChI is InChI=1S/C44H42ClF10N11O6S2/c1-41(2,74(4,71)72)10-9-24-5-6-25(26-7-8-29(45)34-36(26)65(20-42(48,49)50)62-39(34)66(73(69)70)19-32(68)63(3)12-11-58-40(56)57)35(59-24)30(15-21-13-22(46)16-23(47)14-21)60-31(67)18-64-38-33(37(61-64)44(53,54)55)27-17-28(27)43(38,51)52/h5-8,13-14,16,27-28,30H,11-12,15,17-20H2,1-4H3,(H,60,67)(H,69,70)(H4,56,57,58)/p-1/t27-,28+,30?/m0/s1. The zero-order valence-electron chi connectivity index (χ0n) is 38.9. The van der Waals surface area contributed by atoms with E-state index in [0.29, 0.717) is 15.1 Å². The molecule has 30 heteroatoms. The number of guanidine groups is 1. The molecule has 0 saturated heterocycles. The van der Waals surface area contributed by atoms with Gasteiger partial charge < -0.3 is 26.2 Å². The van der Waals surface area contributed by atoms with E-state index in [1.54, 1.807) is 0 Å². The summed E-state index contributed by atoms with van der Waals surface area (Å²) in [5.74, 6) is -7.08. The number of hydrogen-bond donors (Lipinski definition) is 3.